The summed E-state index contributed by atoms with van der Waals surface area (Å²) in [5, 5.41) is 0. The fraction of sp³-hybridized carbons (Fsp3) is 0. The zero-order chi connectivity index (χ0) is 9.97. The van der Waals surface area contributed by atoms with Gasteiger partial charge in [-0.25, -0.2) is 9.97 Å². The van der Waals surface area contributed by atoms with Gasteiger partial charge in [0, 0.05) is 10.7 Å². The minimum atomic E-state index is 0.408. The van der Waals surface area contributed by atoms with Crippen molar-refractivity contribution in [3.63, 3.8) is 0 Å². The van der Waals surface area contributed by atoms with Crippen LogP contribution in [0.1, 0.15) is 0 Å². The molecule has 0 aliphatic heterocycles. The Bertz CT molecular complexity index is 380. The van der Waals surface area contributed by atoms with Crippen LogP contribution in [-0.4, -0.2) is 15.0 Å². The number of aromatic nitrogens is 3. The normalized spacial score (nSPS) is 10.1. The summed E-state index contributed by atoms with van der Waals surface area (Å²) in [4.78, 5) is 12.2. The molecule has 0 saturated carbocycles. The van der Waals surface area contributed by atoms with E-state index in [2.05, 4.69) is 30.9 Å². The third-order valence-electron chi connectivity index (χ3n) is 1.66. The smallest absolute Gasteiger partial charge is 0.141 e. The van der Waals surface area contributed by atoms with Gasteiger partial charge < -0.3 is 5.73 Å². The summed E-state index contributed by atoms with van der Waals surface area (Å²) >= 11 is 3.31. The maximum atomic E-state index is 5.43. The van der Waals surface area contributed by atoms with Crippen LogP contribution in [0.15, 0.2) is 35.2 Å². The molecule has 70 valence electrons. The van der Waals surface area contributed by atoms with Gasteiger partial charge in [0.2, 0.25) is 0 Å². The number of pyridine rings is 1. The molecule has 0 fully saturated rings. The number of nitrogens with two attached hydrogens (primary N) is 1. The second-order valence-electron chi connectivity index (χ2n) is 2.69. The van der Waals surface area contributed by atoms with Crippen molar-refractivity contribution in [3.8, 4) is 11.4 Å². The van der Waals surface area contributed by atoms with Gasteiger partial charge in [-0.2, -0.15) is 0 Å². The van der Waals surface area contributed by atoms with Crippen molar-refractivity contribution < 1.29 is 0 Å². The predicted octanol–water partition coefficient (Wildman–Crippen LogP) is 1.88. The van der Waals surface area contributed by atoms with E-state index in [0.29, 0.717) is 11.5 Å². The van der Waals surface area contributed by atoms with Crippen molar-refractivity contribution in [2.75, 3.05) is 5.73 Å². The molecular formula is C9H7BrN4. The third kappa shape index (κ3) is 1.88. The van der Waals surface area contributed by atoms with Crippen LogP contribution in [0.5, 0.6) is 0 Å². The molecule has 2 rings (SSSR count). The molecule has 0 aliphatic rings. The van der Waals surface area contributed by atoms with Crippen LogP contribution >= 0.6 is 15.9 Å². The van der Waals surface area contributed by atoms with Crippen LogP contribution in [0.2, 0.25) is 0 Å². The molecule has 0 amide bonds. The number of nitrogen functional groups attached to an aromatic ring is 1. The standard InChI is InChI=1S/C9H7BrN4/c10-6-1-2-7(12-3-6)8-4-14-9(11)5-13-8/h1-5H,(H2,11,14). The first kappa shape index (κ1) is 9.08. The molecule has 0 radical (unpaired) electrons. The number of anilines is 1. The summed E-state index contributed by atoms with van der Waals surface area (Å²) in [5.74, 6) is 0.408. The molecule has 2 aromatic heterocycles. The SMILES string of the molecule is Nc1cnc(-c2ccc(Br)cn2)cn1. The van der Waals surface area contributed by atoms with Gasteiger partial charge in [-0.3, -0.25) is 4.98 Å². The molecule has 4 nitrogen and oxygen atoms in total. The lowest BCUT2D eigenvalue weighted by Gasteiger charge is -1.99. The summed E-state index contributed by atoms with van der Waals surface area (Å²) in [6.07, 6.45) is 4.83. The molecule has 0 bridgehead atoms. The van der Waals surface area contributed by atoms with Crippen LogP contribution < -0.4 is 5.73 Å². The van der Waals surface area contributed by atoms with Gasteiger partial charge in [0.25, 0.3) is 0 Å². The molecule has 2 N–H and O–H groups in total. The molecular weight excluding hydrogens is 244 g/mol. The number of hydrogen-bond donors (Lipinski definition) is 1. The number of nitrogens with zero attached hydrogens (tertiary/aromatic N) is 3. The Morgan fingerprint density at radius 3 is 2.29 bits per heavy atom. The van der Waals surface area contributed by atoms with Crippen LogP contribution in [0.3, 0.4) is 0 Å². The summed E-state index contributed by atoms with van der Waals surface area (Å²) < 4.78 is 0.935. The highest BCUT2D eigenvalue weighted by atomic mass is 79.9. The van der Waals surface area contributed by atoms with Crippen LogP contribution in [0.4, 0.5) is 5.82 Å². The van der Waals surface area contributed by atoms with Crippen molar-refractivity contribution in [2.45, 2.75) is 0 Å². The molecule has 2 heterocycles. The highest BCUT2D eigenvalue weighted by Gasteiger charge is 2.00. The van der Waals surface area contributed by atoms with Crippen molar-refractivity contribution >= 4 is 21.7 Å². The van der Waals surface area contributed by atoms with E-state index >= 15 is 0 Å². The minimum absolute atomic E-state index is 0.408. The van der Waals surface area contributed by atoms with E-state index < -0.39 is 0 Å². The maximum absolute atomic E-state index is 5.43. The Morgan fingerprint density at radius 2 is 1.71 bits per heavy atom. The first-order valence-electron chi connectivity index (χ1n) is 3.95. The number of hydrogen-bond acceptors (Lipinski definition) is 4. The van der Waals surface area contributed by atoms with E-state index in [1.807, 2.05) is 12.1 Å². The van der Waals surface area contributed by atoms with Gasteiger partial charge >= 0.3 is 0 Å². The molecule has 0 unspecified atom stereocenters. The molecule has 0 saturated heterocycles. The third-order valence-corrected chi connectivity index (χ3v) is 2.13. The Hall–Kier alpha value is -1.49. The van der Waals surface area contributed by atoms with E-state index in [-0.39, 0.29) is 0 Å². The number of rotatable bonds is 1. The molecule has 0 atom stereocenters. The molecule has 0 spiro atoms. The Labute approximate surface area is 89.4 Å². The van der Waals surface area contributed by atoms with Gasteiger partial charge in [-0.15, -0.1) is 0 Å². The highest BCUT2D eigenvalue weighted by molar-refractivity contribution is 9.10. The topological polar surface area (TPSA) is 64.7 Å². The first-order valence-corrected chi connectivity index (χ1v) is 4.74. The lowest BCUT2D eigenvalue weighted by atomic mass is 10.3. The fourth-order valence-electron chi connectivity index (χ4n) is 0.998. The molecule has 5 heteroatoms. The second kappa shape index (κ2) is 3.71. The van der Waals surface area contributed by atoms with E-state index in [1.54, 1.807) is 12.4 Å². The van der Waals surface area contributed by atoms with Gasteiger partial charge in [-0.1, -0.05) is 0 Å². The molecule has 0 aliphatic carbocycles. The average Bonchev–Trinajstić information content (AvgIpc) is 2.21. The Morgan fingerprint density at radius 1 is 0.929 bits per heavy atom. The van der Waals surface area contributed by atoms with Gasteiger partial charge in [-0.05, 0) is 28.1 Å². The van der Waals surface area contributed by atoms with Gasteiger partial charge in [0.05, 0.1) is 18.1 Å². The largest absolute Gasteiger partial charge is 0.382 e. The summed E-state index contributed by atoms with van der Waals surface area (Å²) in [6.45, 7) is 0. The van der Waals surface area contributed by atoms with Crippen LogP contribution in [0, 0.1) is 0 Å². The zero-order valence-corrected chi connectivity index (χ0v) is 8.77. The Balaban J connectivity index is 2.40. The summed E-state index contributed by atoms with van der Waals surface area (Å²) in [7, 11) is 0. The molecule has 0 aromatic carbocycles. The molecule has 2 aromatic rings. The lowest BCUT2D eigenvalue weighted by molar-refractivity contribution is 1.18. The van der Waals surface area contributed by atoms with Crippen molar-refractivity contribution in [2.24, 2.45) is 0 Å². The zero-order valence-electron chi connectivity index (χ0n) is 7.18. The van der Waals surface area contributed by atoms with E-state index in [9.17, 15) is 0 Å². The Kier molecular flexibility index (Phi) is 2.41. The maximum Gasteiger partial charge on any atom is 0.141 e. The van der Waals surface area contributed by atoms with E-state index in [1.165, 1.54) is 6.20 Å². The van der Waals surface area contributed by atoms with E-state index in [0.717, 1.165) is 10.2 Å². The van der Waals surface area contributed by atoms with E-state index in [4.69, 9.17) is 5.73 Å². The van der Waals surface area contributed by atoms with Crippen molar-refractivity contribution in [1.82, 2.24) is 15.0 Å². The predicted molar refractivity (Wildman–Crippen MR) is 57.4 cm³/mol. The number of halogens is 1. The second-order valence-corrected chi connectivity index (χ2v) is 3.60. The highest BCUT2D eigenvalue weighted by Crippen LogP contribution is 2.15. The monoisotopic (exact) mass is 250 g/mol. The van der Waals surface area contributed by atoms with Crippen LogP contribution in [-0.2, 0) is 0 Å². The quantitative estimate of drug-likeness (QED) is 0.840. The average molecular weight is 251 g/mol. The molecule has 14 heavy (non-hydrogen) atoms. The lowest BCUT2D eigenvalue weighted by Crippen LogP contribution is -1.93. The summed E-state index contributed by atoms with van der Waals surface area (Å²) in [5.41, 5.74) is 6.92. The van der Waals surface area contributed by atoms with Gasteiger partial charge in [0.15, 0.2) is 0 Å². The summed E-state index contributed by atoms with van der Waals surface area (Å²) in [6, 6.07) is 3.77. The van der Waals surface area contributed by atoms with Crippen molar-refractivity contribution in [3.05, 3.63) is 35.2 Å². The van der Waals surface area contributed by atoms with Crippen molar-refractivity contribution in [1.29, 1.82) is 0 Å². The minimum Gasteiger partial charge on any atom is -0.382 e. The fourth-order valence-corrected chi connectivity index (χ4v) is 1.23. The van der Waals surface area contributed by atoms with Gasteiger partial charge in [0.1, 0.15) is 11.5 Å². The first-order chi connectivity index (χ1) is 6.75. The van der Waals surface area contributed by atoms with Crippen LogP contribution in [0.25, 0.3) is 11.4 Å².